The number of carbonyl (C=O) groups is 1. The molecule has 0 atom stereocenters. The summed E-state index contributed by atoms with van der Waals surface area (Å²) in [5, 5.41) is 0. The zero-order valence-corrected chi connectivity index (χ0v) is 18.2. The molecule has 0 aliphatic rings. The number of hydrogen-bond donors (Lipinski definition) is 0. The number of rotatable bonds is 6. The molecule has 0 N–H and O–H groups in total. The van der Waals surface area contributed by atoms with E-state index in [0.29, 0.717) is 28.3 Å². The first kappa shape index (κ1) is 21.7. The zero-order chi connectivity index (χ0) is 21.8. The molecule has 154 valence electrons. The molecular formula is C24H23FN2O2S. The second-order valence-electron chi connectivity index (χ2n) is 7.05. The van der Waals surface area contributed by atoms with Gasteiger partial charge in [-0.15, -0.1) is 0 Å². The summed E-state index contributed by atoms with van der Waals surface area (Å²) in [6.45, 7) is 13.3. The van der Waals surface area contributed by atoms with E-state index in [9.17, 15) is 9.18 Å². The Morgan fingerprint density at radius 1 is 1.20 bits per heavy atom. The van der Waals surface area contributed by atoms with Crippen LogP contribution in [0, 0.1) is 12.4 Å². The van der Waals surface area contributed by atoms with Crippen LogP contribution in [-0.2, 0) is 18.2 Å². The summed E-state index contributed by atoms with van der Waals surface area (Å²) in [5.74, 6) is -0.715. The van der Waals surface area contributed by atoms with Crippen LogP contribution < -0.4 is 0 Å². The lowest BCUT2D eigenvalue weighted by atomic mass is 10.0. The molecule has 0 unspecified atom stereocenters. The predicted molar refractivity (Wildman–Crippen MR) is 118 cm³/mol. The Labute approximate surface area is 180 Å². The summed E-state index contributed by atoms with van der Waals surface area (Å²) in [6.07, 6.45) is 0.360. The Bertz CT molecular complexity index is 1110. The Kier molecular flexibility index (Phi) is 6.63. The molecule has 0 saturated heterocycles. The molecule has 2 aromatic carbocycles. The fraction of sp³-hybridized carbons (Fsp3) is 0.250. The van der Waals surface area contributed by atoms with Crippen LogP contribution in [0.5, 0.6) is 0 Å². The van der Waals surface area contributed by atoms with Gasteiger partial charge in [0.05, 0.1) is 12.7 Å². The van der Waals surface area contributed by atoms with Gasteiger partial charge in [0.1, 0.15) is 11.5 Å². The van der Waals surface area contributed by atoms with Gasteiger partial charge in [-0.2, -0.15) is 0 Å². The highest BCUT2D eigenvalue weighted by Crippen LogP contribution is 2.41. The van der Waals surface area contributed by atoms with Crippen molar-refractivity contribution in [3.8, 4) is 11.1 Å². The molecule has 0 aliphatic heterocycles. The number of carbonyl (C=O) groups excluding carboxylic acids is 1. The van der Waals surface area contributed by atoms with Crippen molar-refractivity contribution in [2.75, 3.05) is 0 Å². The summed E-state index contributed by atoms with van der Waals surface area (Å²) in [6, 6.07) is 14.1. The van der Waals surface area contributed by atoms with Crippen LogP contribution in [0.3, 0.4) is 0 Å². The average Bonchev–Trinajstić information content (AvgIpc) is 3.01. The maximum absolute atomic E-state index is 13.9. The molecule has 0 aliphatic carbocycles. The first-order chi connectivity index (χ1) is 14.4. The molecule has 0 amide bonds. The SMILES string of the molecule is [C-]#[N+]c1c(-c2ccc(Sc3ccccc3F)cc2)c(C(=O)OC(C)C)n(C)c1CC. The summed E-state index contributed by atoms with van der Waals surface area (Å²) >= 11 is 1.33. The molecule has 1 aromatic heterocycles. The van der Waals surface area contributed by atoms with E-state index >= 15 is 0 Å². The lowest BCUT2D eigenvalue weighted by Gasteiger charge is -2.12. The molecule has 0 saturated carbocycles. The van der Waals surface area contributed by atoms with Crippen LogP contribution >= 0.6 is 11.8 Å². The highest BCUT2D eigenvalue weighted by Gasteiger charge is 2.27. The Hall–Kier alpha value is -3.04. The number of aromatic nitrogens is 1. The minimum Gasteiger partial charge on any atom is -0.458 e. The van der Waals surface area contributed by atoms with Crippen molar-refractivity contribution in [1.82, 2.24) is 4.57 Å². The Morgan fingerprint density at radius 2 is 1.87 bits per heavy atom. The topological polar surface area (TPSA) is 35.6 Å². The van der Waals surface area contributed by atoms with Crippen molar-refractivity contribution in [2.45, 2.75) is 43.1 Å². The van der Waals surface area contributed by atoms with Crippen molar-refractivity contribution in [3.63, 3.8) is 0 Å². The van der Waals surface area contributed by atoms with Crippen LogP contribution in [0.15, 0.2) is 58.3 Å². The summed E-state index contributed by atoms with van der Waals surface area (Å²) in [4.78, 5) is 18.0. The molecule has 0 bridgehead atoms. The third-order valence-corrected chi connectivity index (χ3v) is 5.74. The van der Waals surface area contributed by atoms with Gasteiger partial charge in [0, 0.05) is 28.1 Å². The van der Waals surface area contributed by atoms with Gasteiger partial charge >= 0.3 is 5.97 Å². The Balaban J connectivity index is 2.05. The van der Waals surface area contributed by atoms with E-state index < -0.39 is 5.97 Å². The van der Waals surface area contributed by atoms with Gasteiger partial charge in [0.2, 0.25) is 5.69 Å². The first-order valence-electron chi connectivity index (χ1n) is 9.70. The number of halogens is 1. The van der Waals surface area contributed by atoms with Crippen LogP contribution in [0.1, 0.15) is 37.0 Å². The van der Waals surface area contributed by atoms with E-state index in [1.807, 2.05) is 31.2 Å². The maximum Gasteiger partial charge on any atom is 0.354 e. The quantitative estimate of drug-likeness (QED) is 0.329. The predicted octanol–water partition coefficient (Wildman–Crippen LogP) is 6.66. The van der Waals surface area contributed by atoms with Gasteiger partial charge < -0.3 is 9.30 Å². The van der Waals surface area contributed by atoms with Gasteiger partial charge in [-0.1, -0.05) is 43.0 Å². The van der Waals surface area contributed by atoms with Gasteiger partial charge in [-0.05, 0) is 50.1 Å². The molecular weight excluding hydrogens is 399 g/mol. The Morgan fingerprint density at radius 3 is 2.43 bits per heavy atom. The van der Waals surface area contributed by atoms with Crippen molar-refractivity contribution in [1.29, 1.82) is 0 Å². The van der Waals surface area contributed by atoms with Crippen molar-refractivity contribution in [3.05, 3.63) is 77.2 Å². The van der Waals surface area contributed by atoms with Gasteiger partial charge in [0.25, 0.3) is 0 Å². The van der Waals surface area contributed by atoms with Crippen LogP contribution in [0.2, 0.25) is 0 Å². The van der Waals surface area contributed by atoms with Crippen molar-refractivity contribution in [2.24, 2.45) is 7.05 Å². The number of esters is 1. The monoisotopic (exact) mass is 422 g/mol. The number of ether oxygens (including phenoxy) is 1. The minimum atomic E-state index is -0.447. The highest BCUT2D eigenvalue weighted by atomic mass is 32.2. The first-order valence-corrected chi connectivity index (χ1v) is 10.5. The summed E-state index contributed by atoms with van der Waals surface area (Å²) in [5.41, 5.74) is 2.97. The number of nitrogens with zero attached hydrogens (tertiary/aromatic N) is 2. The van der Waals surface area contributed by atoms with E-state index in [-0.39, 0.29) is 11.9 Å². The average molecular weight is 423 g/mol. The van der Waals surface area contributed by atoms with E-state index in [0.717, 1.165) is 16.2 Å². The molecule has 4 nitrogen and oxygen atoms in total. The second kappa shape index (κ2) is 9.19. The van der Waals surface area contributed by atoms with Crippen molar-refractivity contribution < 1.29 is 13.9 Å². The van der Waals surface area contributed by atoms with E-state index in [1.54, 1.807) is 43.7 Å². The summed E-state index contributed by atoms with van der Waals surface area (Å²) < 4.78 is 21.1. The fourth-order valence-corrected chi connectivity index (χ4v) is 4.21. The van der Waals surface area contributed by atoms with Gasteiger partial charge in [0.15, 0.2) is 0 Å². The van der Waals surface area contributed by atoms with E-state index in [2.05, 4.69) is 4.85 Å². The molecule has 3 aromatic rings. The lowest BCUT2D eigenvalue weighted by molar-refractivity contribution is 0.0367. The standard InChI is InChI=1S/C24H23FN2O2S/c1-6-19-22(26-4)21(23(27(19)5)24(28)29-15(2)3)16-11-13-17(14-12-16)30-20-10-8-7-9-18(20)25/h7-15H,6H2,1-3,5H3. The summed E-state index contributed by atoms with van der Waals surface area (Å²) in [7, 11) is 1.79. The molecule has 0 fully saturated rings. The third-order valence-electron chi connectivity index (χ3n) is 4.68. The number of hydrogen-bond acceptors (Lipinski definition) is 3. The van der Waals surface area contributed by atoms with Crippen LogP contribution in [0.4, 0.5) is 10.1 Å². The third kappa shape index (κ3) is 4.27. The van der Waals surface area contributed by atoms with Crippen molar-refractivity contribution >= 4 is 23.4 Å². The molecule has 6 heteroatoms. The minimum absolute atomic E-state index is 0.263. The molecule has 0 radical (unpaired) electrons. The normalized spacial score (nSPS) is 10.8. The second-order valence-corrected chi connectivity index (χ2v) is 8.17. The van der Waals surface area contributed by atoms with Crippen LogP contribution in [-0.4, -0.2) is 16.6 Å². The van der Waals surface area contributed by atoms with E-state index in [4.69, 9.17) is 11.3 Å². The molecule has 1 heterocycles. The number of benzene rings is 2. The van der Waals surface area contributed by atoms with Gasteiger partial charge in [-0.25, -0.2) is 14.0 Å². The largest absolute Gasteiger partial charge is 0.458 e. The maximum atomic E-state index is 13.9. The smallest absolute Gasteiger partial charge is 0.354 e. The lowest BCUT2D eigenvalue weighted by Crippen LogP contribution is -2.16. The van der Waals surface area contributed by atoms with Gasteiger partial charge in [-0.3, -0.25) is 0 Å². The zero-order valence-electron chi connectivity index (χ0n) is 17.4. The fourth-order valence-electron chi connectivity index (χ4n) is 3.37. The van der Waals surface area contributed by atoms with E-state index in [1.165, 1.54) is 17.8 Å². The molecule has 3 rings (SSSR count). The highest BCUT2D eigenvalue weighted by molar-refractivity contribution is 7.99. The van der Waals surface area contributed by atoms with Crippen LogP contribution in [0.25, 0.3) is 16.0 Å². The molecule has 0 spiro atoms. The molecule has 30 heavy (non-hydrogen) atoms.